The van der Waals surface area contributed by atoms with E-state index in [4.69, 9.17) is 0 Å². The molecule has 2 unspecified atom stereocenters. The van der Waals surface area contributed by atoms with Crippen molar-refractivity contribution in [2.75, 3.05) is 13.1 Å². The molecule has 0 N–H and O–H groups in total. The number of hydrogen-bond acceptors (Lipinski definition) is 1. The Bertz CT molecular complexity index is 160. The smallest absolute Gasteiger partial charge is 0.0356 e. The highest BCUT2D eigenvalue weighted by Crippen LogP contribution is 2.33. The van der Waals surface area contributed by atoms with Gasteiger partial charge in [0.05, 0.1) is 0 Å². The van der Waals surface area contributed by atoms with Gasteiger partial charge < -0.3 is 0 Å². The lowest BCUT2D eigenvalue weighted by Gasteiger charge is -2.50. The third-order valence-corrected chi connectivity index (χ3v) is 2.22. The average Bonchev–Trinajstić information content (AvgIpc) is 1.82. The van der Waals surface area contributed by atoms with Crippen LogP contribution in [-0.2, 0) is 0 Å². The zero-order valence-corrected chi connectivity index (χ0v) is 5.46. The lowest BCUT2D eigenvalue weighted by atomic mass is 9.79. The SMILES string of the molecule is C=CCN1CC2C=CC21. The lowest BCUT2D eigenvalue weighted by molar-refractivity contribution is 0.0681. The van der Waals surface area contributed by atoms with Crippen LogP contribution in [0.2, 0.25) is 0 Å². The Kier molecular flexibility index (Phi) is 0.995. The van der Waals surface area contributed by atoms with Gasteiger partial charge in [-0.2, -0.15) is 0 Å². The number of nitrogens with zero attached hydrogens (tertiary/aromatic N) is 1. The van der Waals surface area contributed by atoms with E-state index in [0.717, 1.165) is 18.5 Å². The van der Waals surface area contributed by atoms with E-state index in [1.165, 1.54) is 6.54 Å². The molecule has 1 nitrogen and oxygen atoms in total. The molecular weight excluding hydrogens is 110 g/mol. The molecule has 0 radical (unpaired) electrons. The van der Waals surface area contributed by atoms with Crippen LogP contribution < -0.4 is 0 Å². The first-order chi connectivity index (χ1) is 4.42. The molecule has 0 aromatic rings. The van der Waals surface area contributed by atoms with Crippen LogP contribution in [0.1, 0.15) is 0 Å². The van der Waals surface area contributed by atoms with Gasteiger partial charge in [-0.15, -0.1) is 6.58 Å². The molecule has 1 heteroatoms. The molecule has 1 fully saturated rings. The summed E-state index contributed by atoms with van der Waals surface area (Å²) in [4.78, 5) is 2.43. The number of fused-ring (bicyclic) bond motifs is 1. The summed E-state index contributed by atoms with van der Waals surface area (Å²) >= 11 is 0. The highest BCUT2D eigenvalue weighted by Gasteiger charge is 2.39. The Balaban J connectivity index is 1.91. The predicted octanol–water partition coefficient (Wildman–Crippen LogP) is 1.04. The Morgan fingerprint density at radius 1 is 1.67 bits per heavy atom. The summed E-state index contributed by atoms with van der Waals surface area (Å²) in [7, 11) is 0. The third-order valence-electron chi connectivity index (χ3n) is 2.22. The van der Waals surface area contributed by atoms with Gasteiger partial charge in [-0.1, -0.05) is 18.2 Å². The molecule has 0 saturated carbocycles. The molecule has 2 rings (SSSR count). The Labute approximate surface area is 55.7 Å². The average molecular weight is 121 g/mol. The second kappa shape index (κ2) is 1.71. The zero-order chi connectivity index (χ0) is 6.27. The molecule has 1 aliphatic heterocycles. The van der Waals surface area contributed by atoms with E-state index in [-0.39, 0.29) is 0 Å². The second-order valence-electron chi connectivity index (χ2n) is 2.78. The summed E-state index contributed by atoms with van der Waals surface area (Å²) < 4.78 is 0. The van der Waals surface area contributed by atoms with Gasteiger partial charge in [0.15, 0.2) is 0 Å². The van der Waals surface area contributed by atoms with Crippen LogP contribution >= 0.6 is 0 Å². The van der Waals surface area contributed by atoms with Crippen LogP contribution in [-0.4, -0.2) is 24.0 Å². The van der Waals surface area contributed by atoms with Crippen molar-refractivity contribution >= 4 is 0 Å². The standard InChI is InChI=1S/C8H11N/c1-2-5-9-6-7-3-4-8(7)9/h2-4,7-8H,1,5-6H2. The molecule has 0 amide bonds. The van der Waals surface area contributed by atoms with Gasteiger partial charge in [0.1, 0.15) is 0 Å². The normalized spacial score (nSPS) is 38.7. The van der Waals surface area contributed by atoms with Crippen molar-refractivity contribution < 1.29 is 0 Å². The van der Waals surface area contributed by atoms with Gasteiger partial charge in [-0.3, -0.25) is 4.90 Å². The number of likely N-dealkylation sites (tertiary alicyclic amines) is 1. The van der Waals surface area contributed by atoms with Crippen molar-refractivity contribution in [2.45, 2.75) is 6.04 Å². The fourth-order valence-electron chi connectivity index (χ4n) is 1.55. The highest BCUT2D eigenvalue weighted by atomic mass is 15.2. The first-order valence-electron chi connectivity index (χ1n) is 3.45. The fourth-order valence-corrected chi connectivity index (χ4v) is 1.55. The first kappa shape index (κ1) is 5.24. The molecule has 0 aromatic heterocycles. The minimum atomic E-state index is 0.781. The van der Waals surface area contributed by atoms with Crippen molar-refractivity contribution in [3.05, 3.63) is 24.8 Å². The minimum absolute atomic E-state index is 0.781. The van der Waals surface area contributed by atoms with Crippen LogP contribution in [0.5, 0.6) is 0 Å². The van der Waals surface area contributed by atoms with Crippen molar-refractivity contribution in [1.29, 1.82) is 0 Å². The van der Waals surface area contributed by atoms with Gasteiger partial charge in [-0.25, -0.2) is 0 Å². The van der Waals surface area contributed by atoms with Crippen LogP contribution in [0.25, 0.3) is 0 Å². The molecule has 2 atom stereocenters. The molecule has 1 heterocycles. The maximum absolute atomic E-state index is 3.70. The van der Waals surface area contributed by atoms with Gasteiger partial charge in [0, 0.05) is 25.0 Å². The number of rotatable bonds is 2. The van der Waals surface area contributed by atoms with E-state index in [1.807, 2.05) is 6.08 Å². The van der Waals surface area contributed by atoms with E-state index in [9.17, 15) is 0 Å². The monoisotopic (exact) mass is 121 g/mol. The molecule has 1 saturated heterocycles. The van der Waals surface area contributed by atoms with Gasteiger partial charge in [-0.05, 0) is 0 Å². The Hall–Kier alpha value is -0.560. The molecule has 48 valence electrons. The van der Waals surface area contributed by atoms with E-state index in [2.05, 4.69) is 23.6 Å². The minimum Gasteiger partial charge on any atom is -0.292 e. The fraction of sp³-hybridized carbons (Fsp3) is 0.500. The molecule has 9 heavy (non-hydrogen) atoms. The third kappa shape index (κ3) is 0.583. The van der Waals surface area contributed by atoms with Crippen LogP contribution in [0.3, 0.4) is 0 Å². The Morgan fingerprint density at radius 3 is 2.89 bits per heavy atom. The van der Waals surface area contributed by atoms with E-state index in [1.54, 1.807) is 0 Å². The summed E-state index contributed by atoms with van der Waals surface area (Å²) in [6, 6.07) is 0.781. The molecule has 0 spiro atoms. The van der Waals surface area contributed by atoms with E-state index < -0.39 is 0 Å². The predicted molar refractivity (Wildman–Crippen MR) is 38.2 cm³/mol. The quantitative estimate of drug-likeness (QED) is 0.493. The molecular formula is C8H11N. The van der Waals surface area contributed by atoms with Crippen LogP contribution in [0, 0.1) is 5.92 Å². The summed E-state index contributed by atoms with van der Waals surface area (Å²) in [5, 5.41) is 0. The van der Waals surface area contributed by atoms with Crippen LogP contribution in [0.4, 0.5) is 0 Å². The highest BCUT2D eigenvalue weighted by molar-refractivity contribution is 5.22. The largest absolute Gasteiger partial charge is 0.292 e. The van der Waals surface area contributed by atoms with Crippen molar-refractivity contribution in [1.82, 2.24) is 4.90 Å². The van der Waals surface area contributed by atoms with Crippen LogP contribution in [0.15, 0.2) is 24.8 Å². The maximum Gasteiger partial charge on any atom is 0.0356 e. The van der Waals surface area contributed by atoms with E-state index in [0.29, 0.717) is 0 Å². The lowest BCUT2D eigenvalue weighted by Crippen LogP contribution is -2.58. The van der Waals surface area contributed by atoms with Gasteiger partial charge >= 0.3 is 0 Å². The maximum atomic E-state index is 3.70. The molecule has 0 aromatic carbocycles. The second-order valence-corrected chi connectivity index (χ2v) is 2.78. The first-order valence-corrected chi connectivity index (χ1v) is 3.45. The Morgan fingerprint density at radius 2 is 2.56 bits per heavy atom. The molecule has 2 aliphatic rings. The summed E-state index contributed by atoms with van der Waals surface area (Å²) in [5.41, 5.74) is 0. The van der Waals surface area contributed by atoms with Crippen molar-refractivity contribution in [3.63, 3.8) is 0 Å². The zero-order valence-electron chi connectivity index (χ0n) is 5.46. The van der Waals surface area contributed by atoms with Crippen molar-refractivity contribution in [3.8, 4) is 0 Å². The summed E-state index contributed by atoms with van der Waals surface area (Å²) in [5.74, 6) is 0.893. The van der Waals surface area contributed by atoms with Crippen molar-refractivity contribution in [2.24, 2.45) is 5.92 Å². The van der Waals surface area contributed by atoms with Gasteiger partial charge in [0.25, 0.3) is 0 Å². The summed E-state index contributed by atoms with van der Waals surface area (Å²) in [6.07, 6.45) is 6.55. The molecule has 1 aliphatic carbocycles. The molecule has 0 bridgehead atoms. The van der Waals surface area contributed by atoms with Gasteiger partial charge in [0.2, 0.25) is 0 Å². The number of hydrogen-bond donors (Lipinski definition) is 0. The topological polar surface area (TPSA) is 3.24 Å². The summed E-state index contributed by atoms with van der Waals surface area (Å²) in [6.45, 7) is 6.02. The van der Waals surface area contributed by atoms with E-state index >= 15 is 0 Å².